The summed E-state index contributed by atoms with van der Waals surface area (Å²) in [5, 5.41) is 0. The molecule has 0 N–H and O–H groups in total. The molecule has 2 saturated carbocycles. The van der Waals surface area contributed by atoms with Crippen LogP contribution in [0.5, 0.6) is 0 Å². The van der Waals surface area contributed by atoms with Gasteiger partial charge in [0.2, 0.25) is 0 Å². The molecule has 0 aliphatic heterocycles. The van der Waals surface area contributed by atoms with Gasteiger partial charge in [0.25, 0.3) is 0 Å². The molecule has 3 atom stereocenters. The zero-order valence-electron chi connectivity index (χ0n) is 12.0. The number of benzene rings is 1. The molecule has 1 unspecified atom stereocenters. The van der Waals surface area contributed by atoms with Crippen molar-refractivity contribution in [2.75, 3.05) is 0 Å². The fourth-order valence-corrected chi connectivity index (χ4v) is 4.08. The molecular formula is C17H22O2. The van der Waals surface area contributed by atoms with Crippen molar-refractivity contribution in [2.24, 2.45) is 16.7 Å². The van der Waals surface area contributed by atoms with Gasteiger partial charge in [-0.15, -0.1) is 0 Å². The summed E-state index contributed by atoms with van der Waals surface area (Å²) in [6, 6.07) is 9.32. The molecule has 3 rings (SSSR count). The number of esters is 1. The van der Waals surface area contributed by atoms with Gasteiger partial charge in [0.05, 0.1) is 5.56 Å². The van der Waals surface area contributed by atoms with E-state index in [1.165, 1.54) is 12.8 Å². The first-order valence-corrected chi connectivity index (χ1v) is 7.21. The Labute approximate surface area is 115 Å². The van der Waals surface area contributed by atoms with Crippen LogP contribution >= 0.6 is 0 Å². The van der Waals surface area contributed by atoms with Crippen LogP contribution < -0.4 is 0 Å². The maximum atomic E-state index is 12.2. The maximum Gasteiger partial charge on any atom is 0.338 e. The summed E-state index contributed by atoms with van der Waals surface area (Å²) in [6.07, 6.45) is 3.57. The topological polar surface area (TPSA) is 26.3 Å². The molecule has 19 heavy (non-hydrogen) atoms. The summed E-state index contributed by atoms with van der Waals surface area (Å²) in [6.45, 7) is 6.96. The molecule has 0 amide bonds. The second-order valence-electron chi connectivity index (χ2n) is 6.87. The third kappa shape index (κ3) is 1.73. The van der Waals surface area contributed by atoms with Crippen molar-refractivity contribution in [1.29, 1.82) is 0 Å². The first-order valence-electron chi connectivity index (χ1n) is 7.21. The number of rotatable bonds is 2. The summed E-state index contributed by atoms with van der Waals surface area (Å²) in [4.78, 5) is 12.2. The Hall–Kier alpha value is -1.31. The van der Waals surface area contributed by atoms with Crippen molar-refractivity contribution >= 4 is 5.97 Å². The summed E-state index contributed by atoms with van der Waals surface area (Å²) >= 11 is 0. The molecule has 2 aliphatic rings. The van der Waals surface area contributed by atoms with E-state index in [4.69, 9.17) is 4.74 Å². The van der Waals surface area contributed by atoms with Crippen molar-refractivity contribution in [3.63, 3.8) is 0 Å². The molecule has 102 valence electrons. The molecule has 2 fully saturated rings. The summed E-state index contributed by atoms with van der Waals surface area (Å²) < 4.78 is 5.83. The molecule has 0 heterocycles. The predicted octanol–water partition coefficient (Wildman–Crippen LogP) is 4.06. The summed E-state index contributed by atoms with van der Waals surface area (Å²) in [7, 11) is 0. The molecule has 2 bridgehead atoms. The molecular weight excluding hydrogens is 236 g/mol. The maximum absolute atomic E-state index is 12.2. The van der Waals surface area contributed by atoms with Gasteiger partial charge < -0.3 is 4.74 Å². The quantitative estimate of drug-likeness (QED) is 0.748. The molecule has 0 aromatic heterocycles. The van der Waals surface area contributed by atoms with E-state index in [1.807, 2.05) is 30.3 Å². The molecule has 2 nitrogen and oxygen atoms in total. The second-order valence-corrected chi connectivity index (χ2v) is 6.87. The second kappa shape index (κ2) is 4.09. The molecule has 1 aromatic rings. The lowest BCUT2D eigenvalue weighted by molar-refractivity contribution is -0.0242. The monoisotopic (exact) mass is 258 g/mol. The average Bonchev–Trinajstić information content (AvgIpc) is 2.73. The highest BCUT2D eigenvalue weighted by atomic mass is 16.5. The van der Waals surface area contributed by atoms with Gasteiger partial charge in [-0.1, -0.05) is 39.0 Å². The van der Waals surface area contributed by atoms with Gasteiger partial charge in [-0.2, -0.15) is 0 Å². The van der Waals surface area contributed by atoms with Crippen LogP contribution in [-0.2, 0) is 4.74 Å². The Morgan fingerprint density at radius 1 is 1.21 bits per heavy atom. The van der Waals surface area contributed by atoms with Crippen LogP contribution in [0.15, 0.2) is 30.3 Å². The van der Waals surface area contributed by atoms with Crippen molar-refractivity contribution in [2.45, 2.75) is 46.1 Å². The van der Waals surface area contributed by atoms with E-state index >= 15 is 0 Å². The Balaban J connectivity index is 1.78. The van der Waals surface area contributed by atoms with Gasteiger partial charge >= 0.3 is 5.97 Å². The van der Waals surface area contributed by atoms with E-state index in [2.05, 4.69) is 20.8 Å². The third-order valence-electron chi connectivity index (χ3n) is 5.97. The first kappa shape index (κ1) is 12.7. The minimum atomic E-state index is -0.171. The van der Waals surface area contributed by atoms with E-state index < -0.39 is 0 Å². The Morgan fingerprint density at radius 2 is 1.89 bits per heavy atom. The minimum Gasteiger partial charge on any atom is -0.458 e. The van der Waals surface area contributed by atoms with Crippen molar-refractivity contribution < 1.29 is 9.53 Å². The third-order valence-corrected chi connectivity index (χ3v) is 5.97. The SMILES string of the molecule is CC1(C)[C@H]2CC[C@]1(C)C(OC(=O)c1ccccc1)C2. The van der Waals surface area contributed by atoms with E-state index in [1.54, 1.807) is 0 Å². The summed E-state index contributed by atoms with van der Waals surface area (Å²) in [5.74, 6) is 0.529. The van der Waals surface area contributed by atoms with Crippen LogP contribution in [0, 0.1) is 16.7 Å². The average molecular weight is 258 g/mol. The number of hydrogen-bond acceptors (Lipinski definition) is 2. The highest BCUT2D eigenvalue weighted by Gasteiger charge is 2.62. The Morgan fingerprint density at radius 3 is 2.42 bits per heavy atom. The van der Waals surface area contributed by atoms with Crippen LogP contribution in [0.3, 0.4) is 0 Å². The fourth-order valence-electron chi connectivity index (χ4n) is 4.08. The van der Waals surface area contributed by atoms with Crippen molar-refractivity contribution in [3.8, 4) is 0 Å². The molecule has 2 heteroatoms. The Bertz CT molecular complexity index is 491. The van der Waals surface area contributed by atoms with Crippen LogP contribution in [-0.4, -0.2) is 12.1 Å². The van der Waals surface area contributed by atoms with Gasteiger partial charge in [0, 0.05) is 5.41 Å². The fraction of sp³-hybridized carbons (Fsp3) is 0.588. The predicted molar refractivity (Wildman–Crippen MR) is 74.9 cm³/mol. The van der Waals surface area contributed by atoms with E-state index in [0.29, 0.717) is 11.5 Å². The molecule has 0 saturated heterocycles. The lowest BCUT2D eigenvalue weighted by Crippen LogP contribution is -2.38. The lowest BCUT2D eigenvalue weighted by atomic mass is 9.70. The Kier molecular flexibility index (Phi) is 2.74. The zero-order valence-corrected chi connectivity index (χ0v) is 12.0. The van der Waals surface area contributed by atoms with Gasteiger partial charge in [0.15, 0.2) is 0 Å². The smallest absolute Gasteiger partial charge is 0.338 e. The van der Waals surface area contributed by atoms with Gasteiger partial charge in [-0.05, 0) is 42.7 Å². The number of carbonyl (C=O) groups excluding carboxylic acids is 1. The number of hydrogen-bond donors (Lipinski definition) is 0. The first-order chi connectivity index (χ1) is 8.95. The largest absolute Gasteiger partial charge is 0.458 e. The van der Waals surface area contributed by atoms with Crippen LogP contribution in [0.1, 0.15) is 50.4 Å². The van der Waals surface area contributed by atoms with E-state index in [-0.39, 0.29) is 22.9 Å². The molecule has 0 spiro atoms. The number of ether oxygens (including phenoxy) is 1. The van der Waals surface area contributed by atoms with Gasteiger partial charge in [-0.25, -0.2) is 4.79 Å². The van der Waals surface area contributed by atoms with E-state index in [0.717, 1.165) is 6.42 Å². The van der Waals surface area contributed by atoms with Gasteiger partial charge in [-0.3, -0.25) is 0 Å². The number of fused-ring (bicyclic) bond motifs is 2. The summed E-state index contributed by atoms with van der Waals surface area (Å²) in [5.41, 5.74) is 1.09. The standard InChI is InChI=1S/C17H22O2/c1-16(2)13-9-10-17(16,3)14(11-13)19-15(18)12-7-5-4-6-8-12/h4-8,13-14H,9-11H2,1-3H3/t13-,14?,17+/m0/s1. The lowest BCUT2D eigenvalue weighted by Gasteiger charge is -2.38. The van der Waals surface area contributed by atoms with Crippen molar-refractivity contribution in [3.05, 3.63) is 35.9 Å². The van der Waals surface area contributed by atoms with Crippen LogP contribution in [0.4, 0.5) is 0 Å². The minimum absolute atomic E-state index is 0.0777. The van der Waals surface area contributed by atoms with Crippen molar-refractivity contribution in [1.82, 2.24) is 0 Å². The molecule has 1 aromatic carbocycles. The normalized spacial score (nSPS) is 35.3. The van der Waals surface area contributed by atoms with Gasteiger partial charge in [0.1, 0.15) is 6.10 Å². The zero-order chi connectivity index (χ0) is 13.7. The van der Waals surface area contributed by atoms with Crippen LogP contribution in [0.2, 0.25) is 0 Å². The number of carbonyl (C=O) groups is 1. The highest BCUT2D eigenvalue weighted by molar-refractivity contribution is 5.89. The highest BCUT2D eigenvalue weighted by Crippen LogP contribution is 2.66. The van der Waals surface area contributed by atoms with E-state index in [9.17, 15) is 4.79 Å². The molecule has 0 radical (unpaired) electrons. The molecule has 2 aliphatic carbocycles. The van der Waals surface area contributed by atoms with Crippen LogP contribution in [0.25, 0.3) is 0 Å².